The van der Waals surface area contributed by atoms with Gasteiger partial charge in [-0.2, -0.15) is 0 Å². The quantitative estimate of drug-likeness (QED) is 0.0933. The molecule has 4 aromatic carbocycles. The molecular weight excluding hydrogens is 556 g/mol. The van der Waals surface area contributed by atoms with Crippen LogP contribution in [0.15, 0.2) is 115 Å². The predicted molar refractivity (Wildman–Crippen MR) is 172 cm³/mol. The summed E-state index contributed by atoms with van der Waals surface area (Å²) in [6.45, 7) is 2.64. The van der Waals surface area contributed by atoms with Crippen LogP contribution in [0.5, 0.6) is 11.5 Å². The Kier molecular flexibility index (Phi) is 11.3. The molecule has 1 amide bonds. The maximum Gasteiger partial charge on any atom is 0.326 e. The average molecular weight is 593 g/mol. The van der Waals surface area contributed by atoms with Gasteiger partial charge in [0.05, 0.1) is 13.7 Å². The van der Waals surface area contributed by atoms with Crippen molar-refractivity contribution in [2.75, 3.05) is 30.5 Å². The number of hydrogen-bond donors (Lipinski definition) is 2. The summed E-state index contributed by atoms with van der Waals surface area (Å²) in [5.74, 6) is -0.0290. The number of carboxylic acids is 1. The molecule has 4 rings (SSSR count). The highest BCUT2D eigenvalue weighted by molar-refractivity contribution is 6.12. The van der Waals surface area contributed by atoms with Crippen LogP contribution >= 0.6 is 0 Å². The minimum Gasteiger partial charge on any atom is -0.497 e. The Morgan fingerprint density at radius 1 is 0.886 bits per heavy atom. The normalized spacial score (nSPS) is 11.5. The molecule has 8 nitrogen and oxygen atoms in total. The number of aliphatic carboxylic acids is 1. The number of ether oxygens (including phenoxy) is 2. The molecule has 2 N–H and O–H groups in total. The standard InChI is InChI=1S/C36H36N2O6/c1-3-11-34(39)38(28-14-9-15-30(25-28)43-2)22-10-23-44-29-20-18-26(19-21-29)24-33(36(41)42)37-32-17-8-7-16-31(32)35(40)27-12-5-4-6-13-27/h3-9,11-21,25,33,37H,10,22-24H2,1-2H3,(H,41,42)/b11-3+/t33-/m0/s1. The van der Waals surface area contributed by atoms with Gasteiger partial charge in [-0.15, -0.1) is 0 Å². The number of anilines is 2. The average Bonchev–Trinajstić information content (AvgIpc) is 3.05. The van der Waals surface area contributed by atoms with Crippen LogP contribution in [0, 0.1) is 0 Å². The SMILES string of the molecule is C/C=C/C(=O)N(CCCOc1ccc(C[C@H](Nc2ccccc2C(=O)c2ccccc2)C(=O)O)cc1)c1cccc(OC)c1. The van der Waals surface area contributed by atoms with Crippen molar-refractivity contribution in [3.8, 4) is 11.5 Å². The van der Waals surface area contributed by atoms with Gasteiger partial charge in [-0.3, -0.25) is 9.59 Å². The third-order valence-corrected chi connectivity index (χ3v) is 6.93. The van der Waals surface area contributed by atoms with E-state index in [0.717, 1.165) is 11.3 Å². The first-order valence-electron chi connectivity index (χ1n) is 14.4. The molecule has 0 radical (unpaired) electrons. The smallest absolute Gasteiger partial charge is 0.326 e. The first kappa shape index (κ1) is 31.6. The van der Waals surface area contributed by atoms with Gasteiger partial charge in [0.2, 0.25) is 0 Å². The second-order valence-corrected chi connectivity index (χ2v) is 10.0. The number of benzene rings is 4. The third-order valence-electron chi connectivity index (χ3n) is 6.93. The molecule has 0 fully saturated rings. The van der Waals surface area contributed by atoms with E-state index in [1.54, 1.807) is 85.7 Å². The predicted octanol–water partition coefficient (Wildman–Crippen LogP) is 6.41. The highest BCUT2D eigenvalue weighted by Gasteiger charge is 2.21. The molecule has 0 aliphatic carbocycles. The highest BCUT2D eigenvalue weighted by atomic mass is 16.5. The number of methoxy groups -OCH3 is 1. The molecule has 0 bridgehead atoms. The molecule has 0 saturated carbocycles. The van der Waals surface area contributed by atoms with Crippen molar-refractivity contribution >= 4 is 29.0 Å². The molecule has 4 aromatic rings. The summed E-state index contributed by atoms with van der Waals surface area (Å²) in [6, 6.07) is 29.5. The Morgan fingerprint density at radius 3 is 2.32 bits per heavy atom. The van der Waals surface area contributed by atoms with Crippen molar-refractivity contribution < 1.29 is 29.0 Å². The molecule has 0 unspecified atom stereocenters. The van der Waals surface area contributed by atoms with Crippen molar-refractivity contribution in [1.82, 2.24) is 0 Å². The van der Waals surface area contributed by atoms with Crippen LogP contribution in [0.4, 0.5) is 11.4 Å². The Morgan fingerprint density at radius 2 is 1.61 bits per heavy atom. The zero-order valence-corrected chi connectivity index (χ0v) is 24.8. The monoisotopic (exact) mass is 592 g/mol. The fourth-order valence-electron chi connectivity index (χ4n) is 4.69. The van der Waals surface area contributed by atoms with E-state index in [0.29, 0.717) is 47.9 Å². The van der Waals surface area contributed by atoms with Gasteiger partial charge in [-0.1, -0.05) is 66.7 Å². The number of carboxylic acid groups (broad SMARTS) is 1. The van der Waals surface area contributed by atoms with Crippen LogP contribution in [0.25, 0.3) is 0 Å². The zero-order chi connectivity index (χ0) is 31.3. The van der Waals surface area contributed by atoms with Crippen LogP contribution in [0.3, 0.4) is 0 Å². The second-order valence-electron chi connectivity index (χ2n) is 10.0. The molecular formula is C36H36N2O6. The zero-order valence-electron chi connectivity index (χ0n) is 24.8. The van der Waals surface area contributed by atoms with E-state index in [-0.39, 0.29) is 18.1 Å². The van der Waals surface area contributed by atoms with Gasteiger partial charge in [-0.25, -0.2) is 4.79 Å². The maximum atomic E-state index is 13.1. The van der Waals surface area contributed by atoms with Crippen LogP contribution in [0.1, 0.15) is 34.8 Å². The van der Waals surface area contributed by atoms with Crippen LogP contribution < -0.4 is 19.7 Å². The molecule has 1 atom stereocenters. The number of para-hydroxylation sites is 1. The Hall–Kier alpha value is -5.37. The van der Waals surface area contributed by atoms with E-state index in [4.69, 9.17) is 9.47 Å². The molecule has 0 aromatic heterocycles. The number of rotatable bonds is 15. The number of nitrogens with one attached hydrogen (secondary N) is 1. The topological polar surface area (TPSA) is 105 Å². The number of carbonyl (C=O) groups excluding carboxylic acids is 2. The van der Waals surface area contributed by atoms with Crippen LogP contribution in [-0.4, -0.2) is 49.1 Å². The summed E-state index contributed by atoms with van der Waals surface area (Å²) < 4.78 is 11.2. The molecule has 44 heavy (non-hydrogen) atoms. The minimum absolute atomic E-state index is 0.126. The van der Waals surface area contributed by atoms with Gasteiger partial charge in [0.15, 0.2) is 5.78 Å². The van der Waals surface area contributed by atoms with E-state index in [9.17, 15) is 19.5 Å². The second kappa shape index (κ2) is 15.7. The summed E-state index contributed by atoms with van der Waals surface area (Å²) in [5, 5.41) is 13.0. The van der Waals surface area contributed by atoms with Crippen LogP contribution in [-0.2, 0) is 16.0 Å². The lowest BCUT2D eigenvalue weighted by Gasteiger charge is -2.22. The fraction of sp³-hybridized carbons (Fsp3) is 0.194. The number of amides is 1. The van der Waals surface area contributed by atoms with Gasteiger partial charge < -0.3 is 24.8 Å². The Balaban J connectivity index is 1.35. The first-order chi connectivity index (χ1) is 21.4. The van der Waals surface area contributed by atoms with Crippen molar-refractivity contribution in [2.24, 2.45) is 0 Å². The molecule has 0 aliphatic heterocycles. The third kappa shape index (κ3) is 8.58. The van der Waals surface area contributed by atoms with Crippen molar-refractivity contribution in [3.63, 3.8) is 0 Å². The number of nitrogens with zero attached hydrogens (tertiary/aromatic N) is 1. The van der Waals surface area contributed by atoms with Crippen molar-refractivity contribution in [3.05, 3.63) is 132 Å². The van der Waals surface area contributed by atoms with E-state index >= 15 is 0 Å². The number of allylic oxidation sites excluding steroid dienone is 1. The minimum atomic E-state index is -1.03. The lowest BCUT2D eigenvalue weighted by atomic mass is 10.00. The van der Waals surface area contributed by atoms with E-state index < -0.39 is 12.0 Å². The van der Waals surface area contributed by atoms with Gasteiger partial charge in [0.1, 0.15) is 17.5 Å². The molecule has 0 spiro atoms. The maximum absolute atomic E-state index is 13.1. The number of carbonyl (C=O) groups is 3. The highest BCUT2D eigenvalue weighted by Crippen LogP contribution is 2.23. The molecule has 0 aliphatic rings. The summed E-state index contributed by atoms with van der Waals surface area (Å²) in [5.41, 5.74) is 2.94. The van der Waals surface area contributed by atoms with Crippen LogP contribution in [0.2, 0.25) is 0 Å². The van der Waals surface area contributed by atoms with Gasteiger partial charge >= 0.3 is 5.97 Å². The molecule has 8 heteroatoms. The first-order valence-corrected chi connectivity index (χ1v) is 14.4. The van der Waals surface area contributed by atoms with E-state index in [2.05, 4.69) is 5.32 Å². The molecule has 0 saturated heterocycles. The molecule has 0 heterocycles. The van der Waals surface area contributed by atoms with E-state index in [1.165, 1.54) is 6.08 Å². The largest absolute Gasteiger partial charge is 0.497 e. The van der Waals surface area contributed by atoms with Crippen molar-refractivity contribution in [2.45, 2.75) is 25.8 Å². The summed E-state index contributed by atoms with van der Waals surface area (Å²) in [7, 11) is 1.59. The Labute approximate surface area is 257 Å². The fourth-order valence-corrected chi connectivity index (χ4v) is 4.69. The van der Waals surface area contributed by atoms with E-state index in [1.807, 2.05) is 42.5 Å². The lowest BCUT2D eigenvalue weighted by Crippen LogP contribution is -2.32. The van der Waals surface area contributed by atoms with Gasteiger partial charge in [-0.05, 0) is 61.4 Å². The lowest BCUT2D eigenvalue weighted by molar-refractivity contribution is -0.137. The van der Waals surface area contributed by atoms with Gasteiger partial charge in [0, 0.05) is 41.5 Å². The van der Waals surface area contributed by atoms with Gasteiger partial charge in [0.25, 0.3) is 5.91 Å². The molecule has 226 valence electrons. The number of hydrogen-bond acceptors (Lipinski definition) is 6. The van der Waals surface area contributed by atoms with Crippen molar-refractivity contribution in [1.29, 1.82) is 0 Å². The summed E-state index contributed by atoms with van der Waals surface area (Å²) >= 11 is 0. The summed E-state index contributed by atoms with van der Waals surface area (Å²) in [6.07, 6.45) is 4.03. The Bertz CT molecular complexity index is 1580. The summed E-state index contributed by atoms with van der Waals surface area (Å²) in [4.78, 5) is 39.7. The number of ketones is 1.